The number of carbonyl (C=O) groups excluding carboxylic acids is 1. The second-order valence-electron chi connectivity index (χ2n) is 5.70. The molecule has 0 fully saturated rings. The summed E-state index contributed by atoms with van der Waals surface area (Å²) in [6.45, 7) is 4.04. The van der Waals surface area contributed by atoms with Crippen LogP contribution in [0.4, 0.5) is 16.6 Å². The Hall–Kier alpha value is -2.91. The van der Waals surface area contributed by atoms with Gasteiger partial charge in [-0.25, -0.2) is 4.98 Å². The third-order valence-corrected chi connectivity index (χ3v) is 4.73. The topological polar surface area (TPSA) is 112 Å². The van der Waals surface area contributed by atoms with E-state index in [9.17, 15) is 9.90 Å². The number of aryl methyl sites for hydroxylation is 1. The summed E-state index contributed by atoms with van der Waals surface area (Å²) in [4.78, 5) is 17.1. The van der Waals surface area contributed by atoms with Gasteiger partial charge in [0.15, 0.2) is 10.9 Å². The van der Waals surface area contributed by atoms with E-state index in [4.69, 9.17) is 5.11 Å². The molecule has 3 rings (SSSR count). The smallest absolute Gasteiger partial charge is 0.267 e. The fourth-order valence-electron chi connectivity index (χ4n) is 2.41. The number of phenols is 1. The third kappa shape index (κ3) is 3.84. The molecule has 0 radical (unpaired) electrons. The highest BCUT2D eigenvalue weighted by molar-refractivity contribution is 7.17. The van der Waals surface area contributed by atoms with Gasteiger partial charge in [-0.05, 0) is 25.5 Å². The quantitative estimate of drug-likeness (QED) is 0.528. The first-order valence-corrected chi connectivity index (χ1v) is 8.77. The van der Waals surface area contributed by atoms with E-state index >= 15 is 0 Å². The van der Waals surface area contributed by atoms with Crippen molar-refractivity contribution in [2.75, 3.05) is 17.2 Å². The molecule has 0 unspecified atom stereocenters. The van der Waals surface area contributed by atoms with Crippen LogP contribution in [-0.2, 0) is 6.54 Å². The molecule has 4 N–H and O–H groups in total. The predicted octanol–water partition coefficient (Wildman–Crippen LogP) is 2.65. The number of aromatic nitrogens is 3. The van der Waals surface area contributed by atoms with E-state index in [1.54, 1.807) is 36.0 Å². The van der Waals surface area contributed by atoms with Crippen molar-refractivity contribution in [3.63, 3.8) is 0 Å². The van der Waals surface area contributed by atoms with Crippen LogP contribution in [-0.4, -0.2) is 37.5 Å². The highest BCUT2D eigenvalue weighted by Crippen LogP contribution is 2.29. The minimum Gasteiger partial charge on any atom is -0.508 e. The van der Waals surface area contributed by atoms with Gasteiger partial charge in [-0.1, -0.05) is 17.4 Å². The van der Waals surface area contributed by atoms with Gasteiger partial charge in [0, 0.05) is 17.8 Å². The molecule has 2 aromatic heterocycles. The fraction of sp³-hybridized carbons (Fsp3) is 0.235. The lowest BCUT2D eigenvalue weighted by Crippen LogP contribution is -2.12. The second-order valence-corrected chi connectivity index (χ2v) is 6.73. The molecule has 1 amide bonds. The lowest BCUT2D eigenvalue weighted by molar-refractivity contribution is 0.103. The maximum atomic E-state index is 12.5. The van der Waals surface area contributed by atoms with Gasteiger partial charge in [0.2, 0.25) is 0 Å². The van der Waals surface area contributed by atoms with Gasteiger partial charge in [0.25, 0.3) is 5.91 Å². The van der Waals surface area contributed by atoms with Gasteiger partial charge in [0.05, 0.1) is 25.0 Å². The molecule has 1 aromatic carbocycles. The molecule has 9 heteroatoms. The summed E-state index contributed by atoms with van der Waals surface area (Å²) in [6, 6.07) is 5.11. The van der Waals surface area contributed by atoms with E-state index in [1.165, 1.54) is 17.5 Å². The molecule has 26 heavy (non-hydrogen) atoms. The van der Waals surface area contributed by atoms with Crippen molar-refractivity contribution in [3.8, 4) is 5.75 Å². The molecule has 8 nitrogen and oxygen atoms in total. The van der Waals surface area contributed by atoms with Crippen LogP contribution in [0.15, 0.2) is 30.6 Å². The van der Waals surface area contributed by atoms with Crippen molar-refractivity contribution < 1.29 is 15.0 Å². The zero-order valence-electron chi connectivity index (χ0n) is 14.4. The number of hydrogen-bond acceptors (Lipinski definition) is 7. The van der Waals surface area contributed by atoms with Gasteiger partial charge in [-0.3, -0.25) is 9.48 Å². The predicted molar refractivity (Wildman–Crippen MR) is 100 cm³/mol. The standard InChI is InChI=1S/C17H19N5O3S/c1-10-3-4-12(24)11(2)15(10)20-16(25)13-9-18-17(26-13)19-14-5-6-22(21-14)7-8-23/h3-6,9,23-24H,7-8H2,1-2H3,(H,20,25)(H,18,19,21). The van der Waals surface area contributed by atoms with Gasteiger partial charge in [0.1, 0.15) is 10.6 Å². The number of anilines is 3. The number of aliphatic hydroxyl groups excluding tert-OH is 1. The number of rotatable bonds is 6. The Balaban J connectivity index is 1.71. The number of phenolic OH excluding ortho intramolecular Hbond substituents is 1. The Morgan fingerprint density at radius 2 is 2.12 bits per heavy atom. The summed E-state index contributed by atoms with van der Waals surface area (Å²) in [6.07, 6.45) is 3.23. The zero-order valence-corrected chi connectivity index (χ0v) is 15.2. The van der Waals surface area contributed by atoms with Crippen LogP contribution < -0.4 is 10.6 Å². The molecule has 0 aliphatic carbocycles. The summed E-state index contributed by atoms with van der Waals surface area (Å²) in [5.41, 5.74) is 2.09. The number of carbonyl (C=O) groups is 1. The maximum Gasteiger partial charge on any atom is 0.267 e. The second kappa shape index (κ2) is 7.54. The number of amides is 1. The van der Waals surface area contributed by atoms with E-state index < -0.39 is 0 Å². The van der Waals surface area contributed by atoms with Crippen LogP contribution >= 0.6 is 11.3 Å². The van der Waals surface area contributed by atoms with Crippen LogP contribution in [0.3, 0.4) is 0 Å². The van der Waals surface area contributed by atoms with Crippen LogP contribution in [0, 0.1) is 13.8 Å². The van der Waals surface area contributed by atoms with Crippen LogP contribution in [0.2, 0.25) is 0 Å². The lowest BCUT2D eigenvalue weighted by atomic mass is 10.1. The Morgan fingerprint density at radius 1 is 1.31 bits per heavy atom. The lowest BCUT2D eigenvalue weighted by Gasteiger charge is -2.11. The number of nitrogens with zero attached hydrogens (tertiary/aromatic N) is 3. The minimum atomic E-state index is -0.293. The number of benzene rings is 1. The monoisotopic (exact) mass is 373 g/mol. The molecule has 3 aromatic rings. The summed E-state index contributed by atoms with van der Waals surface area (Å²) in [5.74, 6) is 0.425. The first-order valence-electron chi connectivity index (χ1n) is 7.95. The highest BCUT2D eigenvalue weighted by atomic mass is 32.1. The number of thiazole rings is 1. The van der Waals surface area contributed by atoms with Gasteiger partial charge in [-0.15, -0.1) is 0 Å². The molecule has 0 aliphatic heterocycles. The van der Waals surface area contributed by atoms with Crippen molar-refractivity contribution in [3.05, 3.63) is 46.6 Å². The Bertz CT molecular complexity index is 934. The van der Waals surface area contributed by atoms with E-state index in [1.807, 2.05) is 6.92 Å². The Labute approximate surface area is 154 Å². The molecular weight excluding hydrogens is 354 g/mol. The average molecular weight is 373 g/mol. The maximum absolute atomic E-state index is 12.5. The first kappa shape index (κ1) is 17.9. The largest absolute Gasteiger partial charge is 0.508 e. The molecule has 0 spiro atoms. The van der Waals surface area contributed by atoms with E-state index in [2.05, 4.69) is 20.7 Å². The van der Waals surface area contributed by atoms with Crippen molar-refractivity contribution in [2.45, 2.75) is 20.4 Å². The number of hydrogen-bond donors (Lipinski definition) is 4. The zero-order chi connectivity index (χ0) is 18.7. The number of aliphatic hydroxyl groups is 1. The summed E-state index contributed by atoms with van der Waals surface area (Å²) < 4.78 is 1.61. The number of aromatic hydroxyl groups is 1. The van der Waals surface area contributed by atoms with Gasteiger partial charge in [-0.2, -0.15) is 5.10 Å². The number of nitrogens with one attached hydrogen (secondary N) is 2. The van der Waals surface area contributed by atoms with E-state index in [0.29, 0.717) is 33.6 Å². The van der Waals surface area contributed by atoms with Crippen molar-refractivity contribution in [2.24, 2.45) is 0 Å². The Kier molecular flexibility index (Phi) is 5.19. The van der Waals surface area contributed by atoms with E-state index in [0.717, 1.165) is 5.56 Å². The average Bonchev–Trinajstić information content (AvgIpc) is 3.25. The first-order chi connectivity index (χ1) is 12.5. The highest BCUT2D eigenvalue weighted by Gasteiger charge is 2.15. The molecule has 0 atom stereocenters. The normalized spacial score (nSPS) is 10.7. The fourth-order valence-corrected chi connectivity index (χ4v) is 3.12. The molecule has 136 valence electrons. The molecule has 0 saturated heterocycles. The van der Waals surface area contributed by atoms with Gasteiger partial charge >= 0.3 is 0 Å². The molecule has 0 aliphatic rings. The molecule has 0 saturated carbocycles. The molecular formula is C17H19N5O3S. The summed E-state index contributed by atoms with van der Waals surface area (Å²) >= 11 is 1.20. The van der Waals surface area contributed by atoms with E-state index in [-0.39, 0.29) is 18.3 Å². The van der Waals surface area contributed by atoms with Crippen LogP contribution in [0.1, 0.15) is 20.8 Å². The van der Waals surface area contributed by atoms with Gasteiger partial charge < -0.3 is 20.8 Å². The minimum absolute atomic E-state index is 0.0105. The van der Waals surface area contributed by atoms with Crippen LogP contribution in [0.5, 0.6) is 5.75 Å². The summed E-state index contributed by atoms with van der Waals surface area (Å²) in [7, 11) is 0. The van der Waals surface area contributed by atoms with Crippen molar-refractivity contribution in [1.82, 2.24) is 14.8 Å². The SMILES string of the molecule is Cc1ccc(O)c(C)c1NC(=O)c1cnc(Nc2ccn(CCO)n2)s1. The van der Waals surface area contributed by atoms with Crippen LogP contribution in [0.25, 0.3) is 0 Å². The molecule has 2 heterocycles. The summed E-state index contributed by atoms with van der Waals surface area (Å²) in [5, 5.41) is 29.4. The van der Waals surface area contributed by atoms with Crippen molar-refractivity contribution in [1.29, 1.82) is 0 Å². The Morgan fingerprint density at radius 3 is 2.88 bits per heavy atom. The van der Waals surface area contributed by atoms with Crippen molar-refractivity contribution >= 4 is 33.9 Å². The molecule has 0 bridgehead atoms. The third-order valence-electron chi connectivity index (χ3n) is 3.82.